The van der Waals surface area contributed by atoms with E-state index < -0.39 is 28.7 Å². The zero-order valence-electron chi connectivity index (χ0n) is 11.2. The monoisotopic (exact) mass is 335 g/mol. The van der Waals surface area contributed by atoms with Crippen LogP contribution in [-0.4, -0.2) is 6.09 Å². The summed E-state index contributed by atoms with van der Waals surface area (Å²) in [7, 11) is 0. The summed E-state index contributed by atoms with van der Waals surface area (Å²) in [5.41, 5.74) is 2.93. The fourth-order valence-electron chi connectivity index (χ4n) is 1.70. The van der Waals surface area contributed by atoms with Crippen LogP contribution in [0, 0.1) is 17.0 Å². The minimum Gasteiger partial charge on any atom is -0.438 e. The molecule has 1 unspecified atom stereocenters. The van der Waals surface area contributed by atoms with Gasteiger partial charge in [-0.25, -0.2) is 13.6 Å². The molecule has 0 saturated carbocycles. The molecule has 0 heterocycles. The molecule has 1 atom stereocenters. The van der Waals surface area contributed by atoms with Crippen LogP contribution in [0.5, 0.6) is 0 Å². The molecular weight excluding hydrogens is 320 g/mol. The number of ether oxygens (including phenoxy) is 1. The van der Waals surface area contributed by atoms with Crippen molar-refractivity contribution in [3.63, 3.8) is 0 Å². The molecule has 0 aliphatic rings. The van der Waals surface area contributed by atoms with Gasteiger partial charge in [-0.3, -0.25) is 0 Å². The van der Waals surface area contributed by atoms with Crippen LogP contribution in [0.15, 0.2) is 16.6 Å². The van der Waals surface area contributed by atoms with Gasteiger partial charge in [-0.2, -0.15) is 0 Å². The predicted molar refractivity (Wildman–Crippen MR) is 71.5 cm³/mol. The van der Waals surface area contributed by atoms with Crippen LogP contribution in [-0.2, 0) is 10.3 Å². The maximum absolute atomic E-state index is 14.1. The molecule has 0 spiro atoms. The summed E-state index contributed by atoms with van der Waals surface area (Å²) in [6.07, 6.45) is -1.04. The first kappa shape index (κ1) is 15.9. The Morgan fingerprint density at radius 1 is 1.21 bits per heavy atom. The van der Waals surface area contributed by atoms with Gasteiger partial charge in [-0.05, 0) is 35.0 Å². The third kappa shape index (κ3) is 3.05. The fraction of sp³-hybridized carbons (Fsp3) is 0.462. The minimum absolute atomic E-state index is 0.00378. The molecule has 106 valence electrons. The Bertz CT molecular complexity index is 514. The molecule has 0 aliphatic carbocycles. The molecule has 0 aromatic heterocycles. The molecule has 3 nitrogen and oxygen atoms in total. The first-order valence-electron chi connectivity index (χ1n) is 5.62. The maximum atomic E-state index is 14.1. The average Bonchev–Trinajstić information content (AvgIpc) is 2.20. The summed E-state index contributed by atoms with van der Waals surface area (Å²) in [6.45, 7) is 6.74. The number of carbonyl (C=O) groups excluding carboxylic acids is 1. The number of rotatable bonds is 2. The van der Waals surface area contributed by atoms with Gasteiger partial charge >= 0.3 is 6.09 Å². The number of nitrogens with two attached hydrogens (primary N) is 1. The number of carbonyl (C=O) groups is 1. The summed E-state index contributed by atoms with van der Waals surface area (Å²) in [5.74, 6) is -1.31. The van der Waals surface area contributed by atoms with Gasteiger partial charge in [0.1, 0.15) is 17.2 Å². The molecule has 1 amide bonds. The van der Waals surface area contributed by atoms with Gasteiger partial charge in [-0.15, -0.1) is 0 Å². The van der Waals surface area contributed by atoms with E-state index in [1.54, 1.807) is 20.8 Å². The molecule has 1 rings (SSSR count). The van der Waals surface area contributed by atoms with Gasteiger partial charge in [-0.1, -0.05) is 20.8 Å². The van der Waals surface area contributed by atoms with E-state index in [9.17, 15) is 13.6 Å². The second kappa shape index (κ2) is 5.07. The maximum Gasteiger partial charge on any atom is 0.405 e. The quantitative estimate of drug-likeness (QED) is 0.827. The third-order valence-corrected chi connectivity index (χ3v) is 3.87. The minimum atomic E-state index is -1.38. The van der Waals surface area contributed by atoms with Gasteiger partial charge < -0.3 is 10.5 Å². The van der Waals surface area contributed by atoms with E-state index in [1.165, 1.54) is 6.92 Å². The Balaban J connectivity index is 3.50. The summed E-state index contributed by atoms with van der Waals surface area (Å²) in [6, 6.07) is 2.01. The zero-order chi connectivity index (χ0) is 15.0. The number of halogens is 3. The molecule has 2 N–H and O–H groups in total. The van der Waals surface area contributed by atoms with Crippen molar-refractivity contribution in [2.75, 3.05) is 0 Å². The van der Waals surface area contributed by atoms with E-state index >= 15 is 0 Å². The predicted octanol–water partition coefficient (Wildman–Crippen LogP) is 4.08. The van der Waals surface area contributed by atoms with Crippen molar-refractivity contribution in [2.45, 2.75) is 33.3 Å². The molecule has 1 aromatic rings. The van der Waals surface area contributed by atoms with Gasteiger partial charge in [0.25, 0.3) is 0 Å². The lowest BCUT2D eigenvalue weighted by atomic mass is 9.73. The molecule has 1 aromatic carbocycles. The van der Waals surface area contributed by atoms with E-state index in [0.29, 0.717) is 0 Å². The van der Waals surface area contributed by atoms with Gasteiger partial charge in [0, 0.05) is 11.0 Å². The van der Waals surface area contributed by atoms with Crippen LogP contribution in [0.3, 0.4) is 0 Å². The van der Waals surface area contributed by atoms with E-state index in [1.807, 2.05) is 0 Å². The van der Waals surface area contributed by atoms with Crippen molar-refractivity contribution in [3.8, 4) is 0 Å². The number of hydrogen-bond acceptors (Lipinski definition) is 2. The fourth-order valence-corrected chi connectivity index (χ4v) is 2.02. The van der Waals surface area contributed by atoms with Gasteiger partial charge in [0.2, 0.25) is 0 Å². The van der Waals surface area contributed by atoms with Gasteiger partial charge in [0.15, 0.2) is 0 Å². The van der Waals surface area contributed by atoms with Crippen molar-refractivity contribution in [1.82, 2.24) is 0 Å². The van der Waals surface area contributed by atoms with Crippen molar-refractivity contribution in [1.29, 1.82) is 0 Å². The molecule has 0 aliphatic heterocycles. The Morgan fingerprint density at radius 2 is 1.74 bits per heavy atom. The zero-order valence-corrected chi connectivity index (χ0v) is 12.8. The van der Waals surface area contributed by atoms with Crippen molar-refractivity contribution < 1.29 is 18.3 Å². The topological polar surface area (TPSA) is 52.3 Å². The van der Waals surface area contributed by atoms with Crippen molar-refractivity contribution in [3.05, 3.63) is 33.8 Å². The Hall–Kier alpha value is -1.17. The molecular formula is C13H16BrF2NO2. The Morgan fingerprint density at radius 3 is 2.16 bits per heavy atom. The normalized spacial score (nSPS) is 14.9. The number of hydrogen-bond donors (Lipinski definition) is 1. The lowest BCUT2D eigenvalue weighted by Gasteiger charge is -2.41. The van der Waals surface area contributed by atoms with E-state index in [2.05, 4.69) is 15.9 Å². The molecule has 0 radical (unpaired) electrons. The third-order valence-electron chi connectivity index (χ3n) is 3.26. The number of primary amides is 1. The summed E-state index contributed by atoms with van der Waals surface area (Å²) in [5, 5.41) is 0. The highest BCUT2D eigenvalue weighted by molar-refractivity contribution is 9.10. The number of benzene rings is 1. The van der Waals surface area contributed by atoms with Crippen LogP contribution < -0.4 is 5.73 Å². The second-order valence-corrected chi connectivity index (χ2v) is 6.30. The Kier molecular flexibility index (Phi) is 4.24. The molecule has 0 saturated heterocycles. The summed E-state index contributed by atoms with van der Waals surface area (Å²) >= 11 is 2.90. The van der Waals surface area contributed by atoms with Gasteiger partial charge in [0.05, 0.1) is 4.47 Å². The summed E-state index contributed by atoms with van der Waals surface area (Å²) < 4.78 is 32.8. The second-order valence-electron chi connectivity index (χ2n) is 5.45. The smallest absolute Gasteiger partial charge is 0.405 e. The standard InChI is InChI=1S/C13H16BrF2NO2/c1-12(2,3)13(4,19-11(17)18)7-5-10(16)8(14)6-9(7)15/h5-6H,1-4H3,(H2,17,18). The van der Waals surface area contributed by atoms with E-state index in [4.69, 9.17) is 10.5 Å². The first-order valence-corrected chi connectivity index (χ1v) is 6.42. The van der Waals surface area contributed by atoms with Crippen LogP contribution in [0.4, 0.5) is 13.6 Å². The molecule has 0 bridgehead atoms. The number of amides is 1. The highest BCUT2D eigenvalue weighted by atomic mass is 79.9. The molecule has 6 heteroatoms. The van der Waals surface area contributed by atoms with Crippen molar-refractivity contribution >= 4 is 22.0 Å². The SMILES string of the molecule is CC(C)(C)C(C)(OC(N)=O)c1cc(F)c(Br)cc1F. The van der Waals surface area contributed by atoms with E-state index in [0.717, 1.165) is 12.1 Å². The highest BCUT2D eigenvalue weighted by Crippen LogP contribution is 2.44. The highest BCUT2D eigenvalue weighted by Gasteiger charge is 2.44. The molecule has 0 fully saturated rings. The van der Waals surface area contributed by atoms with E-state index in [-0.39, 0.29) is 10.0 Å². The average molecular weight is 336 g/mol. The Labute approximate surface area is 119 Å². The van der Waals surface area contributed by atoms with Crippen LogP contribution in [0.25, 0.3) is 0 Å². The van der Waals surface area contributed by atoms with Crippen molar-refractivity contribution in [2.24, 2.45) is 11.1 Å². The molecule has 19 heavy (non-hydrogen) atoms. The van der Waals surface area contributed by atoms with Crippen LogP contribution >= 0.6 is 15.9 Å². The lowest BCUT2D eigenvalue weighted by molar-refractivity contribution is -0.0584. The largest absolute Gasteiger partial charge is 0.438 e. The van der Waals surface area contributed by atoms with Crippen LogP contribution in [0.2, 0.25) is 0 Å². The van der Waals surface area contributed by atoms with Crippen LogP contribution in [0.1, 0.15) is 33.3 Å². The first-order chi connectivity index (χ1) is 8.49. The lowest BCUT2D eigenvalue weighted by Crippen LogP contribution is -2.43. The summed E-state index contributed by atoms with van der Waals surface area (Å²) in [4.78, 5) is 11.1.